The lowest BCUT2D eigenvalue weighted by molar-refractivity contribution is 0.303. The van der Waals surface area contributed by atoms with Crippen molar-refractivity contribution in [3.8, 4) is 5.75 Å². The number of hydrogen-bond donors (Lipinski definition) is 2. The normalized spacial score (nSPS) is 11.4. The zero-order chi connectivity index (χ0) is 14.5. The van der Waals surface area contributed by atoms with Crippen LogP contribution < -0.4 is 10.5 Å². The fourth-order valence-corrected chi connectivity index (χ4v) is 1.70. The number of oxime groups is 1. The Hall–Kier alpha value is -2.63. The molecular formula is C14H14FN3O2. The molecule has 2 aromatic rings. The van der Waals surface area contributed by atoms with E-state index in [-0.39, 0.29) is 18.3 Å². The molecule has 20 heavy (non-hydrogen) atoms. The van der Waals surface area contributed by atoms with E-state index in [0.717, 1.165) is 0 Å². The van der Waals surface area contributed by atoms with Gasteiger partial charge < -0.3 is 15.7 Å². The summed E-state index contributed by atoms with van der Waals surface area (Å²) < 4.78 is 18.7. The van der Waals surface area contributed by atoms with Gasteiger partial charge in [0.25, 0.3) is 0 Å². The largest absolute Gasteiger partial charge is 0.489 e. The maximum absolute atomic E-state index is 13.2. The van der Waals surface area contributed by atoms with Crippen LogP contribution in [0.4, 0.5) is 4.39 Å². The van der Waals surface area contributed by atoms with Gasteiger partial charge in [-0.25, -0.2) is 4.39 Å². The summed E-state index contributed by atoms with van der Waals surface area (Å²) in [6.07, 6.45) is 1.54. The van der Waals surface area contributed by atoms with Crippen LogP contribution in [0.5, 0.6) is 5.75 Å². The third-order valence-corrected chi connectivity index (χ3v) is 2.77. The van der Waals surface area contributed by atoms with E-state index in [1.165, 1.54) is 6.07 Å². The highest BCUT2D eigenvalue weighted by Gasteiger charge is 2.09. The molecule has 0 spiro atoms. The Morgan fingerprint density at radius 3 is 2.95 bits per heavy atom. The highest BCUT2D eigenvalue weighted by Crippen LogP contribution is 2.18. The lowest BCUT2D eigenvalue weighted by atomic mass is 10.2. The van der Waals surface area contributed by atoms with Gasteiger partial charge in [-0.15, -0.1) is 0 Å². The quantitative estimate of drug-likeness (QED) is 0.388. The first kappa shape index (κ1) is 13.8. The Balaban J connectivity index is 2.17. The first-order valence-electron chi connectivity index (χ1n) is 5.92. The van der Waals surface area contributed by atoms with E-state index in [1.54, 1.807) is 37.4 Å². The molecule has 0 aliphatic rings. The summed E-state index contributed by atoms with van der Waals surface area (Å²) in [5.41, 5.74) is 7.07. The summed E-state index contributed by atoms with van der Waals surface area (Å²) in [4.78, 5) is 4.04. The molecule has 0 bridgehead atoms. The molecule has 104 valence electrons. The van der Waals surface area contributed by atoms with Crippen molar-refractivity contribution in [2.45, 2.75) is 13.5 Å². The predicted molar refractivity (Wildman–Crippen MR) is 72.2 cm³/mol. The van der Waals surface area contributed by atoms with Crippen LogP contribution in [0.3, 0.4) is 0 Å². The number of ether oxygens (including phenoxy) is 1. The fourth-order valence-electron chi connectivity index (χ4n) is 1.70. The number of pyridine rings is 1. The number of halogens is 1. The van der Waals surface area contributed by atoms with Crippen molar-refractivity contribution in [1.29, 1.82) is 0 Å². The Kier molecular flexibility index (Phi) is 4.14. The van der Waals surface area contributed by atoms with E-state index in [9.17, 15) is 4.39 Å². The van der Waals surface area contributed by atoms with Crippen LogP contribution in [-0.4, -0.2) is 16.0 Å². The summed E-state index contributed by atoms with van der Waals surface area (Å²) in [6.45, 7) is 1.85. The number of nitrogens with zero attached hydrogens (tertiary/aromatic N) is 2. The van der Waals surface area contributed by atoms with Crippen molar-refractivity contribution < 1.29 is 14.3 Å². The van der Waals surface area contributed by atoms with Crippen molar-refractivity contribution in [2.75, 3.05) is 0 Å². The molecular weight excluding hydrogens is 261 g/mol. The van der Waals surface area contributed by atoms with Crippen molar-refractivity contribution in [1.82, 2.24) is 4.98 Å². The van der Waals surface area contributed by atoms with E-state index in [1.807, 2.05) is 0 Å². The number of hydrogen-bond acceptors (Lipinski definition) is 4. The molecule has 6 heteroatoms. The molecule has 0 aliphatic heterocycles. The molecule has 0 saturated carbocycles. The van der Waals surface area contributed by atoms with E-state index >= 15 is 0 Å². The van der Waals surface area contributed by atoms with E-state index in [2.05, 4.69) is 10.1 Å². The minimum Gasteiger partial charge on any atom is -0.489 e. The SMILES string of the molecule is Cc1cc(OCc2cccnc2/C(N)=N/O)ccc1F. The lowest BCUT2D eigenvalue weighted by Crippen LogP contribution is -2.18. The molecule has 0 amide bonds. The molecule has 2 rings (SSSR count). The maximum atomic E-state index is 13.2. The molecule has 0 atom stereocenters. The molecule has 0 radical (unpaired) electrons. The first-order chi connectivity index (χ1) is 9.61. The minimum absolute atomic E-state index is 0.0838. The second-order valence-corrected chi connectivity index (χ2v) is 4.20. The van der Waals surface area contributed by atoms with Gasteiger partial charge in [0.15, 0.2) is 5.84 Å². The molecule has 1 heterocycles. The smallest absolute Gasteiger partial charge is 0.189 e. The number of aromatic nitrogens is 1. The van der Waals surface area contributed by atoms with Crippen LogP contribution >= 0.6 is 0 Å². The van der Waals surface area contributed by atoms with Crippen LogP contribution in [0.2, 0.25) is 0 Å². The fraction of sp³-hybridized carbons (Fsp3) is 0.143. The van der Waals surface area contributed by atoms with Crippen molar-refractivity contribution in [3.63, 3.8) is 0 Å². The molecule has 3 N–H and O–H groups in total. The van der Waals surface area contributed by atoms with Gasteiger partial charge in [0.1, 0.15) is 23.9 Å². The summed E-state index contributed by atoms with van der Waals surface area (Å²) in [5, 5.41) is 11.6. The molecule has 0 saturated heterocycles. The average Bonchev–Trinajstić information content (AvgIpc) is 2.48. The van der Waals surface area contributed by atoms with Gasteiger partial charge in [-0.05, 0) is 36.8 Å². The second-order valence-electron chi connectivity index (χ2n) is 4.20. The van der Waals surface area contributed by atoms with Gasteiger partial charge in [-0.3, -0.25) is 4.98 Å². The zero-order valence-corrected chi connectivity index (χ0v) is 10.9. The molecule has 0 aliphatic carbocycles. The summed E-state index contributed by atoms with van der Waals surface area (Å²) in [5.74, 6) is 0.175. The minimum atomic E-state index is -0.281. The number of rotatable bonds is 4. The number of nitrogens with two attached hydrogens (primary N) is 1. The monoisotopic (exact) mass is 275 g/mol. The topological polar surface area (TPSA) is 80.7 Å². The third kappa shape index (κ3) is 3.03. The van der Waals surface area contributed by atoms with Gasteiger partial charge in [-0.1, -0.05) is 11.2 Å². The lowest BCUT2D eigenvalue weighted by Gasteiger charge is -2.10. The molecule has 0 unspecified atom stereocenters. The van der Waals surface area contributed by atoms with Gasteiger partial charge in [-0.2, -0.15) is 0 Å². The van der Waals surface area contributed by atoms with Crippen LogP contribution in [0, 0.1) is 12.7 Å². The van der Waals surface area contributed by atoms with Crippen LogP contribution in [0.25, 0.3) is 0 Å². The third-order valence-electron chi connectivity index (χ3n) is 2.77. The second kappa shape index (κ2) is 6.01. The zero-order valence-electron chi connectivity index (χ0n) is 10.9. The molecule has 1 aromatic heterocycles. The Bertz CT molecular complexity index is 644. The predicted octanol–water partition coefficient (Wildman–Crippen LogP) is 2.20. The van der Waals surface area contributed by atoms with Gasteiger partial charge in [0.05, 0.1) is 0 Å². The maximum Gasteiger partial charge on any atom is 0.189 e. The highest BCUT2D eigenvalue weighted by atomic mass is 19.1. The standard InChI is InChI=1S/C14H14FN3O2/c1-9-7-11(4-5-12(9)15)20-8-10-3-2-6-17-13(10)14(16)18-19/h2-7,19H,8H2,1H3,(H2,16,18). The number of aryl methyl sites for hydroxylation is 1. The average molecular weight is 275 g/mol. The Labute approximate surface area is 115 Å². The van der Waals surface area contributed by atoms with Gasteiger partial charge in [0, 0.05) is 11.8 Å². The van der Waals surface area contributed by atoms with E-state index < -0.39 is 0 Å². The Morgan fingerprint density at radius 1 is 1.45 bits per heavy atom. The van der Waals surface area contributed by atoms with Crippen LogP contribution in [0.15, 0.2) is 41.7 Å². The number of amidine groups is 1. The Morgan fingerprint density at radius 2 is 2.25 bits per heavy atom. The number of benzene rings is 1. The van der Waals surface area contributed by atoms with E-state index in [0.29, 0.717) is 22.6 Å². The van der Waals surface area contributed by atoms with Gasteiger partial charge >= 0.3 is 0 Å². The molecule has 5 nitrogen and oxygen atoms in total. The van der Waals surface area contributed by atoms with Crippen molar-refractivity contribution >= 4 is 5.84 Å². The van der Waals surface area contributed by atoms with Crippen molar-refractivity contribution in [3.05, 3.63) is 59.2 Å². The van der Waals surface area contributed by atoms with Crippen molar-refractivity contribution in [2.24, 2.45) is 10.9 Å². The van der Waals surface area contributed by atoms with E-state index in [4.69, 9.17) is 15.7 Å². The van der Waals surface area contributed by atoms with Gasteiger partial charge in [0.2, 0.25) is 0 Å². The van der Waals surface area contributed by atoms with Crippen LogP contribution in [0.1, 0.15) is 16.8 Å². The summed E-state index contributed by atoms with van der Waals surface area (Å²) >= 11 is 0. The summed E-state index contributed by atoms with van der Waals surface area (Å²) in [7, 11) is 0. The highest BCUT2D eigenvalue weighted by molar-refractivity contribution is 5.96. The summed E-state index contributed by atoms with van der Waals surface area (Å²) in [6, 6.07) is 7.98. The first-order valence-corrected chi connectivity index (χ1v) is 5.92. The molecule has 1 aromatic carbocycles. The molecule has 0 fully saturated rings. The van der Waals surface area contributed by atoms with Crippen LogP contribution in [-0.2, 0) is 6.61 Å².